The third-order valence-electron chi connectivity index (χ3n) is 14.5. The molecule has 9 atom stereocenters. The van der Waals surface area contributed by atoms with Gasteiger partial charge in [-0.2, -0.15) is 0 Å². The Labute approximate surface area is 363 Å². The number of fused-ring (bicyclic) bond motifs is 7. The Bertz CT molecular complexity index is 1860. The van der Waals surface area contributed by atoms with Crippen molar-refractivity contribution in [1.29, 1.82) is 0 Å². The number of carbonyl (C=O) groups excluding carboxylic acids is 4. The average Bonchev–Trinajstić information content (AvgIpc) is 3.56. The molecule has 1 unspecified atom stereocenters. The summed E-state index contributed by atoms with van der Waals surface area (Å²) >= 11 is 0. The number of aliphatic hydroxyl groups is 1. The molecule has 4 aliphatic carbocycles. The summed E-state index contributed by atoms with van der Waals surface area (Å²) in [7, 11) is 0. The molecule has 0 bridgehead atoms. The van der Waals surface area contributed by atoms with E-state index in [0.29, 0.717) is 24.8 Å². The van der Waals surface area contributed by atoms with Gasteiger partial charge in [0.25, 0.3) is 0 Å². The van der Waals surface area contributed by atoms with Crippen LogP contribution in [0.25, 0.3) is 0 Å². The number of allylic oxidation sites excluding steroid dienone is 4. The minimum absolute atomic E-state index is 0. The van der Waals surface area contributed by atoms with Crippen molar-refractivity contribution in [2.75, 3.05) is 25.0 Å². The maximum atomic E-state index is 17.4. The second-order valence-electron chi connectivity index (χ2n) is 20.3. The number of aryl methyl sites for hydroxylation is 2. The highest BCUT2D eigenvalue weighted by Gasteiger charge is 2.80. The molecule has 0 aromatic heterocycles. The van der Waals surface area contributed by atoms with E-state index in [2.05, 4.69) is 43.1 Å². The molecule has 6 aliphatic rings. The van der Waals surface area contributed by atoms with Gasteiger partial charge in [-0.1, -0.05) is 77.3 Å². The first-order valence-corrected chi connectivity index (χ1v) is 22.0. The van der Waals surface area contributed by atoms with Crippen LogP contribution in [0.2, 0.25) is 0 Å². The number of ketones is 2. The molecule has 12 heteroatoms. The number of aliphatic hydroxyl groups excluding tert-OH is 1. The fourth-order valence-electron chi connectivity index (χ4n) is 11.7. The molecule has 0 spiro atoms. The third-order valence-corrected chi connectivity index (χ3v) is 14.5. The van der Waals surface area contributed by atoms with Crippen molar-refractivity contribution in [3.05, 3.63) is 53.1 Å². The number of piperidine rings is 1. The van der Waals surface area contributed by atoms with Crippen LogP contribution in [-0.4, -0.2) is 88.5 Å². The van der Waals surface area contributed by atoms with E-state index in [1.54, 1.807) is 26.8 Å². The molecule has 0 radical (unpaired) electrons. The van der Waals surface area contributed by atoms with Crippen molar-refractivity contribution < 1.29 is 42.9 Å². The lowest BCUT2D eigenvalue weighted by Crippen LogP contribution is -2.70. The molecule has 2 saturated heterocycles. The highest BCUT2D eigenvalue weighted by Crippen LogP contribution is 2.72. The lowest BCUT2D eigenvalue weighted by atomic mass is 9.44. The molecule has 2 heterocycles. The molecule has 1 aromatic carbocycles. The number of amides is 1. The van der Waals surface area contributed by atoms with E-state index in [-0.39, 0.29) is 54.3 Å². The Morgan fingerprint density at radius 3 is 2.38 bits per heavy atom. The van der Waals surface area contributed by atoms with Crippen LogP contribution in [-0.2, 0) is 33.4 Å². The van der Waals surface area contributed by atoms with Crippen LogP contribution in [0.1, 0.15) is 131 Å². The van der Waals surface area contributed by atoms with Gasteiger partial charge < -0.3 is 24.6 Å². The molecule has 2 N–H and O–H groups in total. The summed E-state index contributed by atoms with van der Waals surface area (Å²) in [6, 6.07) is 6.19. The van der Waals surface area contributed by atoms with Gasteiger partial charge in [-0.25, -0.2) is 4.39 Å². The first-order chi connectivity index (χ1) is 27.5. The van der Waals surface area contributed by atoms with Gasteiger partial charge in [0.2, 0.25) is 11.7 Å². The maximum absolute atomic E-state index is 17.4. The van der Waals surface area contributed by atoms with E-state index in [9.17, 15) is 24.3 Å². The number of likely N-dealkylation sites (tertiary alicyclic amines) is 1. The standard InChI is InChI=1S/C30H41FO7.C18H28N2O.ClH/c1-25(2,3)15-24(35)36-16-22(34)30-23(37-26(4,5)38-30)13-20-19-9-8-17-12-18(32)10-11-27(17,6)29(19,31)21(33)14-28(20,30)7;1-4-5-12-20-13-7-6-11-16(20)18(21)19-17-14(2)9-8-10-15(17)3;/h10-12,19-21,23,33H,8-9,13-16H2,1-7H3;8-10,16H,4-7,11-13H2,1-3H3,(H,19,21);1H/t19-,20-,21-,23+,27-,28-,29-,30+;;/m0../s1. The van der Waals surface area contributed by atoms with Gasteiger partial charge in [-0.3, -0.25) is 24.1 Å². The SMILES string of the molecule is CC(C)(C)CC(=O)OCC(=O)[C@@]12OC(C)(C)O[C@@H]1C[C@H]1[C@@H]3CCC4=CC(=O)C=C[C@]4(C)[C@@]3(F)[C@@H](O)C[C@@]12C.CCCCN1CCCCC1C(=O)Nc1c(C)cccc1C.Cl. The molecular formula is C48H70ClFN2O8. The van der Waals surface area contributed by atoms with Crippen LogP contribution < -0.4 is 5.32 Å². The number of para-hydroxylation sites is 1. The fourth-order valence-corrected chi connectivity index (χ4v) is 11.7. The number of rotatable bonds is 9. The monoisotopic (exact) mass is 856 g/mol. The van der Waals surface area contributed by atoms with E-state index in [1.165, 1.54) is 31.4 Å². The van der Waals surface area contributed by atoms with Crippen LogP contribution in [0.4, 0.5) is 10.1 Å². The van der Waals surface area contributed by atoms with Crippen molar-refractivity contribution in [2.24, 2.45) is 28.1 Å². The lowest BCUT2D eigenvalue weighted by Gasteiger charge is -2.62. The molecule has 1 aromatic rings. The van der Waals surface area contributed by atoms with Crippen molar-refractivity contribution in [2.45, 2.75) is 169 Å². The minimum Gasteiger partial charge on any atom is -0.458 e. The zero-order valence-electron chi connectivity index (χ0n) is 37.6. The van der Waals surface area contributed by atoms with Crippen LogP contribution in [0.5, 0.6) is 0 Å². The molecule has 2 aliphatic heterocycles. The normalized spacial score (nSPS) is 35.3. The van der Waals surface area contributed by atoms with Crippen LogP contribution in [0.15, 0.2) is 42.0 Å². The molecule has 60 heavy (non-hydrogen) atoms. The van der Waals surface area contributed by atoms with Crippen LogP contribution in [0, 0.1) is 41.9 Å². The number of alkyl halides is 1. The van der Waals surface area contributed by atoms with Crippen molar-refractivity contribution >= 4 is 41.5 Å². The summed E-state index contributed by atoms with van der Waals surface area (Å²) in [5.41, 5.74) is -1.90. The number of hydrogen-bond acceptors (Lipinski definition) is 9. The Kier molecular flexibility index (Phi) is 14.2. The second-order valence-corrected chi connectivity index (χ2v) is 20.3. The maximum Gasteiger partial charge on any atom is 0.306 e. The number of unbranched alkanes of at least 4 members (excludes halogenated alkanes) is 1. The van der Waals surface area contributed by atoms with Crippen molar-refractivity contribution in [3.63, 3.8) is 0 Å². The molecule has 7 rings (SSSR count). The molecule has 3 saturated carbocycles. The van der Waals surface area contributed by atoms with E-state index in [4.69, 9.17) is 14.2 Å². The van der Waals surface area contributed by atoms with Gasteiger partial charge in [-0.15, -0.1) is 12.4 Å². The molecule has 5 fully saturated rings. The summed E-state index contributed by atoms with van der Waals surface area (Å²) in [6.45, 7) is 20.8. The Balaban J connectivity index is 0.000000264. The van der Waals surface area contributed by atoms with E-state index in [1.807, 2.05) is 33.8 Å². The summed E-state index contributed by atoms with van der Waals surface area (Å²) in [6.07, 6.45) is 9.68. The number of benzene rings is 1. The topological polar surface area (TPSA) is 131 Å². The van der Waals surface area contributed by atoms with Gasteiger partial charge in [0.05, 0.1) is 24.7 Å². The summed E-state index contributed by atoms with van der Waals surface area (Å²) < 4.78 is 35.6. The Morgan fingerprint density at radius 2 is 1.73 bits per heavy atom. The largest absolute Gasteiger partial charge is 0.458 e. The van der Waals surface area contributed by atoms with Crippen molar-refractivity contribution in [3.8, 4) is 0 Å². The van der Waals surface area contributed by atoms with Gasteiger partial charge in [0, 0.05) is 22.4 Å². The quantitative estimate of drug-likeness (QED) is 0.234. The minimum atomic E-state index is -2.02. The molecule has 334 valence electrons. The number of halogens is 2. The number of esters is 1. The van der Waals surface area contributed by atoms with Gasteiger partial charge in [0.15, 0.2) is 29.4 Å². The number of hydrogen-bond donors (Lipinski definition) is 2. The Morgan fingerprint density at radius 1 is 1.05 bits per heavy atom. The smallest absolute Gasteiger partial charge is 0.306 e. The summed E-state index contributed by atoms with van der Waals surface area (Å²) in [5, 5.41) is 14.8. The third kappa shape index (κ3) is 8.56. The van der Waals surface area contributed by atoms with E-state index >= 15 is 4.39 Å². The highest BCUT2D eigenvalue weighted by atomic mass is 35.5. The van der Waals surface area contributed by atoms with Gasteiger partial charge >= 0.3 is 5.97 Å². The Hall–Kier alpha value is -2.96. The molecular weight excluding hydrogens is 787 g/mol. The average molecular weight is 858 g/mol. The van der Waals surface area contributed by atoms with Gasteiger partial charge in [-0.05, 0) is 127 Å². The first kappa shape index (κ1) is 48.1. The number of carbonyl (C=O) groups is 4. The highest BCUT2D eigenvalue weighted by molar-refractivity contribution is 6.01. The number of nitrogens with zero attached hydrogens (tertiary/aromatic N) is 1. The number of Topliss-reactive ketones (excluding diaryl/α,β-unsaturated/α-hetero) is 1. The number of ether oxygens (including phenoxy) is 3. The zero-order chi connectivity index (χ0) is 43.3. The van der Waals surface area contributed by atoms with Crippen molar-refractivity contribution in [1.82, 2.24) is 4.90 Å². The zero-order valence-corrected chi connectivity index (χ0v) is 38.4. The summed E-state index contributed by atoms with van der Waals surface area (Å²) in [5.74, 6) is -2.85. The molecule has 10 nitrogen and oxygen atoms in total. The fraction of sp³-hybridized carbons (Fsp3) is 0.708. The van der Waals surface area contributed by atoms with Crippen LogP contribution in [0.3, 0.4) is 0 Å². The number of nitrogens with one attached hydrogen (secondary N) is 1. The molecule has 1 amide bonds. The number of anilines is 1. The van der Waals surface area contributed by atoms with E-state index in [0.717, 1.165) is 42.7 Å². The predicted octanol–water partition coefficient (Wildman–Crippen LogP) is 8.72. The predicted molar refractivity (Wildman–Crippen MR) is 232 cm³/mol. The summed E-state index contributed by atoms with van der Waals surface area (Å²) in [4.78, 5) is 53.6. The second kappa shape index (κ2) is 17.7. The van der Waals surface area contributed by atoms with Gasteiger partial charge in [0.1, 0.15) is 0 Å². The lowest BCUT2D eigenvalue weighted by molar-refractivity contribution is -0.246. The first-order valence-electron chi connectivity index (χ1n) is 22.0. The van der Waals surface area contributed by atoms with Crippen LogP contribution >= 0.6 is 12.4 Å². The van der Waals surface area contributed by atoms with E-state index < -0.39 is 64.4 Å².